The van der Waals surface area contributed by atoms with Crippen LogP contribution in [0.15, 0.2) is 41.2 Å². The highest BCUT2D eigenvalue weighted by molar-refractivity contribution is 5.97. The van der Waals surface area contributed by atoms with Crippen molar-refractivity contribution in [1.29, 1.82) is 0 Å². The van der Waals surface area contributed by atoms with Crippen molar-refractivity contribution < 1.29 is 9.90 Å². The van der Waals surface area contributed by atoms with Crippen LogP contribution in [0.5, 0.6) is 5.75 Å². The Morgan fingerprint density at radius 2 is 2.00 bits per heavy atom. The van der Waals surface area contributed by atoms with Crippen LogP contribution in [0.2, 0.25) is 0 Å². The van der Waals surface area contributed by atoms with Crippen LogP contribution in [0.3, 0.4) is 0 Å². The highest BCUT2D eigenvalue weighted by Crippen LogP contribution is 2.42. The van der Waals surface area contributed by atoms with Crippen LogP contribution < -0.4 is 10.9 Å². The molecular weight excluding hydrogens is 340 g/mol. The van der Waals surface area contributed by atoms with Gasteiger partial charge in [0.05, 0.1) is 5.52 Å². The van der Waals surface area contributed by atoms with E-state index in [0.29, 0.717) is 12.1 Å². The Morgan fingerprint density at radius 3 is 2.85 bits per heavy atom. The van der Waals surface area contributed by atoms with Gasteiger partial charge in [0.2, 0.25) is 5.91 Å². The monoisotopic (exact) mass is 360 g/mol. The Hall–Kier alpha value is -3.08. The number of nitrogens with zero attached hydrogens (tertiary/aromatic N) is 1. The molecule has 3 heterocycles. The number of carbonyl (C=O) groups excluding carboxylic acids is 1. The average molecular weight is 360 g/mol. The molecule has 0 spiro atoms. The van der Waals surface area contributed by atoms with E-state index in [-0.39, 0.29) is 23.1 Å². The first-order chi connectivity index (χ1) is 13.0. The highest BCUT2D eigenvalue weighted by Gasteiger charge is 2.30. The lowest BCUT2D eigenvalue weighted by atomic mass is 9.82. The first-order valence-corrected chi connectivity index (χ1v) is 9.31. The molecule has 0 saturated heterocycles. The molecule has 0 aliphatic carbocycles. The molecule has 1 aromatic heterocycles. The molecule has 0 radical (unpaired) electrons. The summed E-state index contributed by atoms with van der Waals surface area (Å²) < 4.78 is 1.86. The number of para-hydroxylation sites is 1. The Kier molecular flexibility index (Phi) is 3.41. The third-order valence-corrected chi connectivity index (χ3v) is 5.86. The summed E-state index contributed by atoms with van der Waals surface area (Å²) >= 11 is 0. The highest BCUT2D eigenvalue weighted by atomic mass is 16.3. The first kappa shape index (κ1) is 16.1. The number of amides is 1. The second-order valence-corrected chi connectivity index (χ2v) is 7.54. The molecule has 0 bridgehead atoms. The standard InChI is InChI=1S/C22H20N2O3/c1-12-8-17-15(9-20(26)23-18(17)11-19(12)25)16-10-21(27)24-7-3-5-13-4-2-6-14(16)22(13)24/h2,4,6,8,10-11,15,25H,3,5,7,9H2,1H3,(H,23,26)/t15-/m1/s1. The van der Waals surface area contributed by atoms with E-state index in [4.69, 9.17) is 0 Å². The van der Waals surface area contributed by atoms with E-state index in [9.17, 15) is 14.7 Å². The van der Waals surface area contributed by atoms with Crippen LogP contribution in [-0.2, 0) is 17.8 Å². The van der Waals surface area contributed by atoms with Crippen molar-refractivity contribution >= 4 is 22.5 Å². The summed E-state index contributed by atoms with van der Waals surface area (Å²) in [7, 11) is 0. The molecule has 1 amide bonds. The molecule has 3 aromatic rings. The lowest BCUT2D eigenvalue weighted by Crippen LogP contribution is -2.28. The lowest BCUT2D eigenvalue weighted by molar-refractivity contribution is -0.116. The minimum absolute atomic E-state index is 0.00678. The molecule has 136 valence electrons. The minimum atomic E-state index is -0.201. The van der Waals surface area contributed by atoms with Crippen molar-refractivity contribution in [1.82, 2.24) is 4.57 Å². The Labute approximate surface area is 156 Å². The smallest absolute Gasteiger partial charge is 0.251 e. The summed E-state index contributed by atoms with van der Waals surface area (Å²) in [6.07, 6.45) is 2.23. The van der Waals surface area contributed by atoms with Gasteiger partial charge in [-0.05, 0) is 48.1 Å². The molecule has 2 aromatic carbocycles. The molecule has 27 heavy (non-hydrogen) atoms. The van der Waals surface area contributed by atoms with Crippen LogP contribution in [-0.4, -0.2) is 15.6 Å². The molecule has 5 rings (SSSR count). The third-order valence-electron chi connectivity index (χ3n) is 5.86. The van der Waals surface area contributed by atoms with Gasteiger partial charge in [-0.3, -0.25) is 9.59 Å². The van der Waals surface area contributed by atoms with E-state index in [0.717, 1.165) is 47.0 Å². The molecule has 0 unspecified atom stereocenters. The van der Waals surface area contributed by atoms with Crippen LogP contribution in [0.25, 0.3) is 10.9 Å². The van der Waals surface area contributed by atoms with Crippen LogP contribution in [0, 0.1) is 6.92 Å². The Morgan fingerprint density at radius 1 is 1.15 bits per heavy atom. The molecule has 0 fully saturated rings. The fourth-order valence-corrected chi connectivity index (χ4v) is 4.57. The van der Waals surface area contributed by atoms with Gasteiger partial charge in [-0.15, -0.1) is 0 Å². The third kappa shape index (κ3) is 2.38. The van der Waals surface area contributed by atoms with Gasteiger partial charge in [0.25, 0.3) is 5.56 Å². The number of aromatic hydroxyl groups is 1. The maximum atomic E-state index is 12.9. The number of aryl methyl sites for hydroxylation is 3. The number of nitrogens with one attached hydrogen (secondary N) is 1. The van der Waals surface area contributed by atoms with Crippen molar-refractivity contribution in [3.8, 4) is 5.75 Å². The number of hydrogen-bond donors (Lipinski definition) is 2. The summed E-state index contributed by atoms with van der Waals surface area (Å²) in [5.74, 6) is -0.143. The molecule has 0 saturated carbocycles. The number of phenols is 1. The van der Waals surface area contributed by atoms with Crippen molar-refractivity contribution in [2.45, 2.75) is 38.6 Å². The molecule has 2 aliphatic heterocycles. The zero-order valence-corrected chi connectivity index (χ0v) is 15.1. The zero-order valence-electron chi connectivity index (χ0n) is 15.1. The molecule has 2 aliphatic rings. The molecule has 5 nitrogen and oxygen atoms in total. The average Bonchev–Trinajstić information content (AvgIpc) is 2.65. The first-order valence-electron chi connectivity index (χ1n) is 9.31. The number of benzene rings is 2. The number of anilines is 1. The lowest BCUT2D eigenvalue weighted by Gasteiger charge is -2.29. The van der Waals surface area contributed by atoms with Crippen molar-refractivity contribution in [3.05, 3.63) is 69.0 Å². The zero-order chi connectivity index (χ0) is 18.7. The van der Waals surface area contributed by atoms with Crippen LogP contribution in [0.4, 0.5) is 5.69 Å². The van der Waals surface area contributed by atoms with Gasteiger partial charge in [0.15, 0.2) is 0 Å². The Balaban J connectivity index is 1.81. The van der Waals surface area contributed by atoms with E-state index >= 15 is 0 Å². The number of hydrogen-bond acceptors (Lipinski definition) is 3. The van der Waals surface area contributed by atoms with Gasteiger partial charge in [-0.25, -0.2) is 0 Å². The fraction of sp³-hybridized carbons (Fsp3) is 0.273. The predicted octanol–water partition coefficient (Wildman–Crippen LogP) is 3.44. The van der Waals surface area contributed by atoms with E-state index in [1.807, 2.05) is 23.6 Å². The largest absolute Gasteiger partial charge is 0.508 e. The number of aromatic nitrogens is 1. The SMILES string of the molecule is Cc1cc2c(cc1O)NC(=O)C[C@@H]2c1cc(=O)n2c3c(cccc13)CCC2. The maximum absolute atomic E-state index is 12.9. The normalized spacial score (nSPS) is 18.3. The number of fused-ring (bicyclic) bond motifs is 1. The van der Waals surface area contributed by atoms with Gasteiger partial charge in [0.1, 0.15) is 5.75 Å². The Bertz CT molecular complexity index is 1180. The van der Waals surface area contributed by atoms with Crippen LogP contribution in [0.1, 0.15) is 41.0 Å². The quantitative estimate of drug-likeness (QED) is 0.698. The second kappa shape index (κ2) is 5.71. The fourth-order valence-electron chi connectivity index (χ4n) is 4.57. The van der Waals surface area contributed by atoms with Gasteiger partial charge in [-0.1, -0.05) is 18.2 Å². The van der Waals surface area contributed by atoms with Gasteiger partial charge in [0, 0.05) is 42.1 Å². The maximum Gasteiger partial charge on any atom is 0.251 e. The summed E-state index contributed by atoms with van der Waals surface area (Å²) in [6.45, 7) is 2.58. The van der Waals surface area contributed by atoms with E-state index < -0.39 is 0 Å². The van der Waals surface area contributed by atoms with Crippen molar-refractivity contribution in [3.63, 3.8) is 0 Å². The van der Waals surface area contributed by atoms with Crippen molar-refractivity contribution in [2.75, 3.05) is 5.32 Å². The van der Waals surface area contributed by atoms with Gasteiger partial charge >= 0.3 is 0 Å². The van der Waals surface area contributed by atoms with E-state index in [1.165, 1.54) is 5.56 Å². The molecule has 5 heteroatoms. The molecule has 2 N–H and O–H groups in total. The van der Waals surface area contributed by atoms with Gasteiger partial charge < -0.3 is 15.0 Å². The van der Waals surface area contributed by atoms with E-state index in [1.54, 1.807) is 12.1 Å². The number of rotatable bonds is 1. The number of pyridine rings is 1. The van der Waals surface area contributed by atoms with Crippen LogP contribution >= 0.6 is 0 Å². The topological polar surface area (TPSA) is 71.3 Å². The summed E-state index contributed by atoms with van der Waals surface area (Å²) in [6, 6.07) is 11.4. The van der Waals surface area contributed by atoms with E-state index in [2.05, 4.69) is 17.4 Å². The summed E-state index contributed by atoms with van der Waals surface area (Å²) in [4.78, 5) is 25.2. The summed E-state index contributed by atoms with van der Waals surface area (Å²) in [5, 5.41) is 13.9. The predicted molar refractivity (Wildman–Crippen MR) is 104 cm³/mol. The second-order valence-electron chi connectivity index (χ2n) is 7.54. The minimum Gasteiger partial charge on any atom is -0.508 e. The van der Waals surface area contributed by atoms with Gasteiger partial charge in [-0.2, -0.15) is 0 Å². The number of carbonyl (C=O) groups is 1. The number of phenolic OH excluding ortho intramolecular Hbond substituents is 1. The molecular formula is C22H20N2O3. The summed E-state index contributed by atoms with van der Waals surface area (Å²) in [5.41, 5.74) is 5.43. The molecule has 1 atom stereocenters. The van der Waals surface area contributed by atoms with Crippen molar-refractivity contribution in [2.24, 2.45) is 0 Å².